The molecule has 0 saturated heterocycles. The lowest BCUT2D eigenvalue weighted by Gasteiger charge is -2.35. The van der Waals surface area contributed by atoms with Crippen LogP contribution in [0.4, 0.5) is 10.1 Å². The molecule has 1 aliphatic heterocycles. The molecule has 2 aromatic carbocycles. The van der Waals surface area contributed by atoms with E-state index < -0.39 is 4.92 Å². The number of hydrogen-bond donors (Lipinski definition) is 0. The van der Waals surface area contributed by atoms with Crippen LogP contribution in [-0.2, 0) is 6.42 Å². The predicted octanol–water partition coefficient (Wildman–Crippen LogP) is 3.80. The van der Waals surface area contributed by atoms with Gasteiger partial charge in [0.15, 0.2) is 0 Å². The van der Waals surface area contributed by atoms with Crippen LogP contribution >= 0.6 is 0 Å². The molecule has 0 fully saturated rings. The van der Waals surface area contributed by atoms with Crippen LogP contribution in [0.25, 0.3) is 0 Å². The third-order valence-corrected chi connectivity index (χ3v) is 4.57. The summed E-state index contributed by atoms with van der Waals surface area (Å²) in [5.41, 5.74) is 2.71. The minimum absolute atomic E-state index is 0.111. The van der Waals surface area contributed by atoms with Crippen LogP contribution in [-0.4, -0.2) is 22.3 Å². The summed E-state index contributed by atoms with van der Waals surface area (Å²) in [5.74, 6) is -0.597. The molecule has 0 bridgehead atoms. The predicted molar refractivity (Wildman–Crippen MR) is 87.4 cm³/mol. The van der Waals surface area contributed by atoms with Gasteiger partial charge in [0, 0.05) is 24.2 Å². The van der Waals surface area contributed by atoms with E-state index in [-0.39, 0.29) is 23.5 Å². The van der Waals surface area contributed by atoms with E-state index in [2.05, 4.69) is 0 Å². The molecular weight excluding hydrogens is 311 g/mol. The summed E-state index contributed by atoms with van der Waals surface area (Å²) in [6.45, 7) is 4.10. The molecule has 5 nitrogen and oxygen atoms in total. The van der Waals surface area contributed by atoms with E-state index in [0.29, 0.717) is 24.1 Å². The number of amides is 1. The lowest BCUT2D eigenvalue weighted by molar-refractivity contribution is -0.384. The van der Waals surface area contributed by atoms with Crippen molar-refractivity contribution >= 4 is 11.6 Å². The van der Waals surface area contributed by atoms with Crippen molar-refractivity contribution in [3.8, 4) is 0 Å². The molecular formula is C18H17FN2O3. The van der Waals surface area contributed by atoms with E-state index in [4.69, 9.17) is 0 Å². The highest BCUT2D eigenvalue weighted by Gasteiger charge is 2.30. The Hall–Kier alpha value is -2.76. The molecule has 1 amide bonds. The smallest absolute Gasteiger partial charge is 0.270 e. The first-order valence-corrected chi connectivity index (χ1v) is 7.73. The van der Waals surface area contributed by atoms with Crippen LogP contribution in [0, 0.1) is 22.9 Å². The molecule has 3 rings (SSSR count). The minimum atomic E-state index is -0.513. The van der Waals surface area contributed by atoms with Crippen LogP contribution in [0.15, 0.2) is 36.4 Å². The monoisotopic (exact) mass is 328 g/mol. The molecule has 0 aromatic heterocycles. The van der Waals surface area contributed by atoms with Crippen LogP contribution in [0.2, 0.25) is 0 Å². The number of nitro groups is 1. The second-order valence-corrected chi connectivity index (χ2v) is 6.02. The standard InChI is InChI=1S/C18H17FN2O3/c1-11-3-6-15(21(23)24)10-16(11)18(22)20-8-7-13-4-5-14(19)9-17(13)12(20)2/h3-6,9-10,12H,7-8H2,1-2H3. The third-order valence-electron chi connectivity index (χ3n) is 4.57. The van der Waals surface area contributed by atoms with Gasteiger partial charge >= 0.3 is 0 Å². The first kappa shape index (κ1) is 16.1. The highest BCUT2D eigenvalue weighted by atomic mass is 19.1. The van der Waals surface area contributed by atoms with Gasteiger partial charge < -0.3 is 4.90 Å². The number of nitrogens with zero attached hydrogens (tertiary/aromatic N) is 2. The number of benzene rings is 2. The molecule has 0 saturated carbocycles. The van der Waals surface area contributed by atoms with E-state index >= 15 is 0 Å². The zero-order valence-electron chi connectivity index (χ0n) is 13.5. The van der Waals surface area contributed by atoms with Crippen molar-refractivity contribution in [3.63, 3.8) is 0 Å². The maximum atomic E-state index is 13.5. The number of fused-ring (bicyclic) bond motifs is 1. The van der Waals surface area contributed by atoms with E-state index in [1.165, 1.54) is 24.3 Å². The summed E-state index contributed by atoms with van der Waals surface area (Å²) in [6, 6.07) is 8.63. The summed E-state index contributed by atoms with van der Waals surface area (Å²) in [6.07, 6.45) is 0.639. The zero-order chi connectivity index (χ0) is 17.4. The largest absolute Gasteiger partial charge is 0.332 e. The van der Waals surface area contributed by atoms with Crippen molar-refractivity contribution < 1.29 is 14.1 Å². The Morgan fingerprint density at radius 1 is 1.29 bits per heavy atom. The molecule has 0 spiro atoms. The van der Waals surface area contributed by atoms with Crippen LogP contribution in [0.5, 0.6) is 0 Å². The van der Waals surface area contributed by atoms with E-state index in [9.17, 15) is 19.3 Å². The quantitative estimate of drug-likeness (QED) is 0.622. The number of rotatable bonds is 2. The summed E-state index contributed by atoms with van der Waals surface area (Å²) < 4.78 is 13.5. The van der Waals surface area contributed by atoms with Gasteiger partial charge in [-0.05, 0) is 49.1 Å². The summed E-state index contributed by atoms with van der Waals surface area (Å²) in [5, 5.41) is 11.0. The van der Waals surface area contributed by atoms with E-state index in [0.717, 1.165) is 11.1 Å². The van der Waals surface area contributed by atoms with E-state index in [1.807, 2.05) is 6.92 Å². The number of halogens is 1. The Morgan fingerprint density at radius 3 is 2.75 bits per heavy atom. The van der Waals surface area contributed by atoms with Crippen LogP contribution in [0.1, 0.15) is 40.0 Å². The Labute approximate surface area is 138 Å². The zero-order valence-corrected chi connectivity index (χ0v) is 13.5. The topological polar surface area (TPSA) is 63.5 Å². The maximum absolute atomic E-state index is 13.5. The van der Waals surface area contributed by atoms with Gasteiger partial charge in [-0.25, -0.2) is 4.39 Å². The first-order chi connectivity index (χ1) is 11.4. The lowest BCUT2D eigenvalue weighted by atomic mass is 9.92. The van der Waals surface area contributed by atoms with E-state index in [1.54, 1.807) is 24.0 Å². The van der Waals surface area contributed by atoms with Crippen molar-refractivity contribution in [3.05, 3.63) is 74.6 Å². The molecule has 0 N–H and O–H groups in total. The van der Waals surface area contributed by atoms with Gasteiger partial charge in [0.25, 0.3) is 11.6 Å². The van der Waals surface area contributed by atoms with Crippen molar-refractivity contribution in [2.24, 2.45) is 0 Å². The molecule has 1 aliphatic rings. The SMILES string of the molecule is Cc1ccc([N+](=O)[O-])cc1C(=O)N1CCc2ccc(F)cc2C1C. The fourth-order valence-corrected chi connectivity index (χ4v) is 3.17. The fraction of sp³-hybridized carbons (Fsp3) is 0.278. The summed E-state index contributed by atoms with van der Waals surface area (Å²) >= 11 is 0. The van der Waals surface area contributed by atoms with Gasteiger partial charge in [0.05, 0.1) is 11.0 Å². The molecule has 6 heteroatoms. The second-order valence-electron chi connectivity index (χ2n) is 6.02. The molecule has 0 radical (unpaired) electrons. The molecule has 24 heavy (non-hydrogen) atoms. The molecule has 1 heterocycles. The maximum Gasteiger partial charge on any atom is 0.270 e. The minimum Gasteiger partial charge on any atom is -0.332 e. The van der Waals surface area contributed by atoms with Crippen molar-refractivity contribution in [2.45, 2.75) is 26.3 Å². The number of carbonyl (C=O) groups is 1. The Kier molecular flexibility index (Phi) is 4.05. The van der Waals surface area contributed by atoms with Crippen LogP contribution in [0.3, 0.4) is 0 Å². The molecule has 1 unspecified atom stereocenters. The van der Waals surface area contributed by atoms with Crippen LogP contribution < -0.4 is 0 Å². The summed E-state index contributed by atoms with van der Waals surface area (Å²) in [4.78, 5) is 25.0. The first-order valence-electron chi connectivity index (χ1n) is 7.73. The molecule has 0 aliphatic carbocycles. The Balaban J connectivity index is 1.97. The number of carbonyl (C=O) groups excluding carboxylic acids is 1. The normalized spacial score (nSPS) is 16.6. The highest BCUT2D eigenvalue weighted by molar-refractivity contribution is 5.96. The Bertz CT molecular complexity index is 835. The molecule has 124 valence electrons. The second kappa shape index (κ2) is 6.03. The van der Waals surface area contributed by atoms with Crippen molar-refractivity contribution in [1.82, 2.24) is 4.90 Å². The lowest BCUT2D eigenvalue weighted by Crippen LogP contribution is -2.39. The number of nitro benzene ring substituents is 1. The van der Waals surface area contributed by atoms with Gasteiger partial charge in [-0.15, -0.1) is 0 Å². The average Bonchev–Trinajstić information content (AvgIpc) is 2.55. The Morgan fingerprint density at radius 2 is 2.04 bits per heavy atom. The van der Waals surface area contributed by atoms with Gasteiger partial charge in [-0.2, -0.15) is 0 Å². The molecule has 2 aromatic rings. The fourth-order valence-electron chi connectivity index (χ4n) is 3.17. The number of non-ortho nitro benzene ring substituents is 1. The number of hydrogen-bond acceptors (Lipinski definition) is 3. The number of aryl methyl sites for hydroxylation is 1. The van der Waals surface area contributed by atoms with Gasteiger partial charge in [0.2, 0.25) is 0 Å². The summed E-state index contributed by atoms with van der Waals surface area (Å²) in [7, 11) is 0. The van der Waals surface area contributed by atoms with Crippen molar-refractivity contribution in [1.29, 1.82) is 0 Å². The van der Waals surface area contributed by atoms with Gasteiger partial charge in [-0.3, -0.25) is 14.9 Å². The van der Waals surface area contributed by atoms with Gasteiger partial charge in [0.1, 0.15) is 5.82 Å². The average molecular weight is 328 g/mol. The highest BCUT2D eigenvalue weighted by Crippen LogP contribution is 2.32. The van der Waals surface area contributed by atoms with Crippen molar-refractivity contribution in [2.75, 3.05) is 6.54 Å². The van der Waals surface area contributed by atoms with Gasteiger partial charge in [-0.1, -0.05) is 12.1 Å². The molecule has 1 atom stereocenters. The third kappa shape index (κ3) is 2.75.